The first-order valence-corrected chi connectivity index (χ1v) is 2.97. The molecule has 0 saturated carbocycles. The maximum absolute atomic E-state index is 12.6. The minimum Gasteiger partial charge on any atom is -0.294 e. The van der Waals surface area contributed by atoms with Crippen LogP contribution in [0.2, 0.25) is 0 Å². The van der Waals surface area contributed by atoms with Crippen LogP contribution in [-0.2, 0) is 0 Å². The summed E-state index contributed by atoms with van der Waals surface area (Å²) >= 11 is 0. The molecule has 0 amide bonds. The van der Waals surface area contributed by atoms with Crippen molar-refractivity contribution in [2.24, 2.45) is 0 Å². The molecule has 0 atom stereocenters. The van der Waals surface area contributed by atoms with Crippen LogP contribution in [0.5, 0.6) is 0 Å². The number of halogens is 2. The van der Waals surface area contributed by atoms with Crippen molar-refractivity contribution in [3.8, 4) is 0 Å². The largest absolute Gasteiger partial charge is 0.294 e. The normalized spacial score (nSPS) is 8.55. The highest BCUT2D eigenvalue weighted by Crippen LogP contribution is 2.05. The lowest BCUT2D eigenvalue weighted by Gasteiger charge is -1.94. The summed E-state index contributed by atoms with van der Waals surface area (Å²) in [6.45, 7) is 1.35. The Labute approximate surface area is 75.0 Å². The predicted octanol–water partition coefficient (Wildman–Crippen LogP) is 2.61. The second-order valence-electron chi connectivity index (χ2n) is 2.04. The van der Waals surface area contributed by atoms with E-state index >= 15 is 0 Å². The maximum atomic E-state index is 12.6. The van der Waals surface area contributed by atoms with Gasteiger partial charge in [-0.2, -0.15) is 0 Å². The van der Waals surface area contributed by atoms with Crippen molar-refractivity contribution in [2.45, 2.75) is 6.92 Å². The summed E-state index contributed by atoms with van der Waals surface area (Å²) in [5, 5.41) is 0. The summed E-state index contributed by atoms with van der Waals surface area (Å²) in [6.07, 6.45) is 0. The van der Waals surface area contributed by atoms with Crippen molar-refractivity contribution in [1.82, 2.24) is 0 Å². The van der Waals surface area contributed by atoms with E-state index in [1.54, 1.807) is 12.1 Å². The fourth-order valence-corrected chi connectivity index (χ4v) is 0.747. The fourth-order valence-electron chi connectivity index (χ4n) is 0.747. The number of ketones is 1. The third-order valence-electron chi connectivity index (χ3n) is 1.25. The van der Waals surface area contributed by atoms with Crippen LogP contribution in [0.4, 0.5) is 4.39 Å². The standard InChI is InChI=1S/C8H7FO.BrH/c1-6(10)7-4-2-3-5-8(7)9;/h2-5H,1H3;1H. The van der Waals surface area contributed by atoms with E-state index in [0.717, 1.165) is 0 Å². The minimum absolute atomic E-state index is 0. The van der Waals surface area contributed by atoms with Gasteiger partial charge < -0.3 is 0 Å². The van der Waals surface area contributed by atoms with E-state index in [9.17, 15) is 9.18 Å². The van der Waals surface area contributed by atoms with Crippen molar-refractivity contribution in [1.29, 1.82) is 0 Å². The topological polar surface area (TPSA) is 17.1 Å². The summed E-state index contributed by atoms with van der Waals surface area (Å²) in [4.78, 5) is 10.6. The highest BCUT2D eigenvalue weighted by Gasteiger charge is 2.03. The monoisotopic (exact) mass is 218 g/mol. The van der Waals surface area contributed by atoms with Gasteiger partial charge in [-0.05, 0) is 19.1 Å². The summed E-state index contributed by atoms with van der Waals surface area (Å²) in [5.74, 6) is -0.687. The number of benzene rings is 1. The molecule has 0 saturated heterocycles. The number of carbonyl (C=O) groups is 1. The molecule has 0 aliphatic heterocycles. The summed E-state index contributed by atoms with van der Waals surface area (Å²) in [7, 11) is 0. The summed E-state index contributed by atoms with van der Waals surface area (Å²) in [6, 6.07) is 5.94. The third-order valence-corrected chi connectivity index (χ3v) is 1.25. The van der Waals surface area contributed by atoms with Gasteiger partial charge in [0, 0.05) is 0 Å². The molecule has 0 aliphatic rings. The van der Waals surface area contributed by atoms with Gasteiger partial charge in [-0.15, -0.1) is 17.0 Å². The molecule has 0 bridgehead atoms. The first-order chi connectivity index (χ1) is 4.72. The van der Waals surface area contributed by atoms with Crippen LogP contribution in [0.1, 0.15) is 17.3 Å². The van der Waals surface area contributed by atoms with Gasteiger partial charge in [-0.25, -0.2) is 4.39 Å². The van der Waals surface area contributed by atoms with Gasteiger partial charge in [-0.3, -0.25) is 4.79 Å². The number of hydrogen-bond donors (Lipinski definition) is 0. The Morgan fingerprint density at radius 3 is 2.27 bits per heavy atom. The van der Waals surface area contributed by atoms with Crippen LogP contribution in [0, 0.1) is 5.82 Å². The van der Waals surface area contributed by atoms with Crippen molar-refractivity contribution >= 4 is 22.8 Å². The second kappa shape index (κ2) is 4.23. The number of Topliss-reactive ketones (excluding diaryl/α,β-unsaturated/α-hetero) is 1. The molecule has 60 valence electrons. The van der Waals surface area contributed by atoms with E-state index in [2.05, 4.69) is 0 Å². The van der Waals surface area contributed by atoms with Crippen molar-refractivity contribution < 1.29 is 9.18 Å². The highest BCUT2D eigenvalue weighted by atomic mass is 79.9. The zero-order valence-electron chi connectivity index (χ0n) is 6.00. The predicted molar refractivity (Wildman–Crippen MR) is 46.7 cm³/mol. The molecule has 11 heavy (non-hydrogen) atoms. The van der Waals surface area contributed by atoms with E-state index < -0.39 is 5.82 Å². The van der Waals surface area contributed by atoms with Crippen molar-refractivity contribution in [2.75, 3.05) is 0 Å². The van der Waals surface area contributed by atoms with Gasteiger partial charge >= 0.3 is 0 Å². The molecule has 0 aromatic heterocycles. The molecular formula is C8H8BrFO. The average molecular weight is 219 g/mol. The lowest BCUT2D eigenvalue weighted by Crippen LogP contribution is -1.94. The second-order valence-corrected chi connectivity index (χ2v) is 2.04. The first-order valence-electron chi connectivity index (χ1n) is 2.97. The van der Waals surface area contributed by atoms with E-state index in [0.29, 0.717) is 0 Å². The Morgan fingerprint density at radius 2 is 1.91 bits per heavy atom. The molecule has 0 spiro atoms. The number of rotatable bonds is 1. The molecule has 3 heteroatoms. The third kappa shape index (κ3) is 2.42. The molecule has 0 N–H and O–H groups in total. The molecule has 1 aromatic carbocycles. The van der Waals surface area contributed by atoms with Crippen LogP contribution in [0.15, 0.2) is 24.3 Å². The van der Waals surface area contributed by atoms with E-state index in [1.165, 1.54) is 19.1 Å². The Kier molecular flexibility index (Phi) is 3.97. The van der Waals surface area contributed by atoms with Crippen LogP contribution >= 0.6 is 17.0 Å². The van der Waals surface area contributed by atoms with E-state index in [-0.39, 0.29) is 28.3 Å². The Morgan fingerprint density at radius 1 is 1.36 bits per heavy atom. The zero-order valence-corrected chi connectivity index (χ0v) is 7.72. The summed E-state index contributed by atoms with van der Waals surface area (Å²) < 4.78 is 12.6. The number of carbonyl (C=O) groups excluding carboxylic acids is 1. The lowest BCUT2D eigenvalue weighted by atomic mass is 10.1. The highest BCUT2D eigenvalue weighted by molar-refractivity contribution is 8.93. The van der Waals surface area contributed by atoms with Crippen LogP contribution in [0.25, 0.3) is 0 Å². The van der Waals surface area contributed by atoms with Crippen molar-refractivity contribution in [3.05, 3.63) is 35.6 Å². The van der Waals surface area contributed by atoms with Gasteiger partial charge in [0.1, 0.15) is 5.82 Å². The Balaban J connectivity index is 0.000001000. The van der Waals surface area contributed by atoms with Crippen LogP contribution < -0.4 is 0 Å². The fraction of sp³-hybridized carbons (Fsp3) is 0.125. The quantitative estimate of drug-likeness (QED) is 0.663. The Bertz CT molecular complexity index is 260. The summed E-state index contributed by atoms with van der Waals surface area (Å²) in [5.41, 5.74) is 0.155. The van der Waals surface area contributed by atoms with E-state index in [4.69, 9.17) is 0 Å². The van der Waals surface area contributed by atoms with Gasteiger partial charge in [0.25, 0.3) is 0 Å². The van der Waals surface area contributed by atoms with Crippen LogP contribution in [0.3, 0.4) is 0 Å². The van der Waals surface area contributed by atoms with Gasteiger partial charge in [0.05, 0.1) is 5.56 Å². The SMILES string of the molecule is Br.CC(=O)c1ccccc1F. The Hall–Kier alpha value is -0.700. The maximum Gasteiger partial charge on any atom is 0.162 e. The van der Waals surface area contributed by atoms with E-state index in [1.807, 2.05) is 0 Å². The van der Waals surface area contributed by atoms with Gasteiger partial charge in [0.15, 0.2) is 5.78 Å². The lowest BCUT2D eigenvalue weighted by molar-refractivity contribution is 0.101. The van der Waals surface area contributed by atoms with Crippen LogP contribution in [-0.4, -0.2) is 5.78 Å². The average Bonchev–Trinajstić information content (AvgIpc) is 1.88. The minimum atomic E-state index is -0.449. The molecule has 1 aromatic rings. The molecule has 0 radical (unpaired) electrons. The molecule has 0 unspecified atom stereocenters. The molecule has 1 rings (SSSR count). The molecule has 1 nitrogen and oxygen atoms in total. The molecule has 0 fully saturated rings. The molecule has 0 heterocycles. The molecule has 0 aliphatic carbocycles. The van der Waals surface area contributed by atoms with Gasteiger partial charge in [0.2, 0.25) is 0 Å². The zero-order chi connectivity index (χ0) is 7.56. The van der Waals surface area contributed by atoms with Crippen molar-refractivity contribution in [3.63, 3.8) is 0 Å². The van der Waals surface area contributed by atoms with Gasteiger partial charge in [-0.1, -0.05) is 12.1 Å². The smallest absolute Gasteiger partial charge is 0.162 e. The molecular weight excluding hydrogens is 211 g/mol. The first kappa shape index (κ1) is 10.3. The number of hydrogen-bond acceptors (Lipinski definition) is 1.